The van der Waals surface area contributed by atoms with Gasteiger partial charge in [0.15, 0.2) is 5.79 Å². The molecule has 146 valence electrons. The summed E-state index contributed by atoms with van der Waals surface area (Å²) in [5.74, 6) is -0.809. The van der Waals surface area contributed by atoms with E-state index in [1.54, 1.807) is 0 Å². The summed E-state index contributed by atoms with van der Waals surface area (Å²) >= 11 is 0. The minimum Gasteiger partial charge on any atom is -0.390 e. The fourth-order valence-corrected chi connectivity index (χ4v) is 3.66. The van der Waals surface area contributed by atoms with Crippen LogP contribution in [-0.4, -0.2) is 40.4 Å². The molecule has 1 aliphatic heterocycles. The maximum atomic E-state index is 10.7. The fraction of sp³-hybridized carbons (Fsp3) is 0.478. The number of ether oxygens (including phenoxy) is 2. The van der Waals surface area contributed by atoms with Crippen molar-refractivity contribution in [2.75, 3.05) is 0 Å². The zero-order valence-corrected chi connectivity index (χ0v) is 16.1. The van der Waals surface area contributed by atoms with Crippen LogP contribution in [0.2, 0.25) is 0 Å². The van der Waals surface area contributed by atoms with E-state index in [1.807, 2.05) is 50.2 Å². The summed E-state index contributed by atoms with van der Waals surface area (Å²) < 4.78 is 11.9. The molecule has 1 heterocycles. The van der Waals surface area contributed by atoms with Gasteiger partial charge in [0.2, 0.25) is 0 Å². The van der Waals surface area contributed by atoms with Crippen LogP contribution in [0.3, 0.4) is 0 Å². The third-order valence-electron chi connectivity index (χ3n) is 5.07. The molecule has 0 aliphatic carbocycles. The van der Waals surface area contributed by atoms with E-state index in [2.05, 4.69) is 24.3 Å². The van der Waals surface area contributed by atoms with Gasteiger partial charge in [-0.2, -0.15) is 0 Å². The number of benzene rings is 2. The molecule has 0 unspecified atom stereocenters. The first-order valence-corrected chi connectivity index (χ1v) is 9.74. The number of hydrogen-bond acceptors (Lipinski definition) is 4. The lowest BCUT2D eigenvalue weighted by Crippen LogP contribution is -2.42. The molecule has 3 rings (SSSR count). The first-order valence-electron chi connectivity index (χ1n) is 9.74. The highest BCUT2D eigenvalue weighted by atomic mass is 16.8. The lowest BCUT2D eigenvalue weighted by Gasteiger charge is -2.26. The highest BCUT2D eigenvalue weighted by Gasteiger charge is 2.47. The molecule has 2 aromatic rings. The molecule has 4 nitrogen and oxygen atoms in total. The summed E-state index contributed by atoms with van der Waals surface area (Å²) in [4.78, 5) is 0. The van der Waals surface area contributed by atoms with E-state index in [9.17, 15) is 10.2 Å². The number of rotatable bonds is 8. The van der Waals surface area contributed by atoms with Crippen molar-refractivity contribution in [2.45, 2.75) is 69.7 Å². The molecule has 2 aromatic carbocycles. The molecule has 0 bridgehead atoms. The molecule has 27 heavy (non-hydrogen) atoms. The van der Waals surface area contributed by atoms with Gasteiger partial charge in [0.1, 0.15) is 12.2 Å². The molecule has 2 N–H and O–H groups in total. The minimum atomic E-state index is -0.809. The van der Waals surface area contributed by atoms with Crippen molar-refractivity contribution in [1.29, 1.82) is 0 Å². The third-order valence-corrected chi connectivity index (χ3v) is 5.07. The van der Waals surface area contributed by atoms with Crippen molar-refractivity contribution in [1.82, 2.24) is 0 Å². The van der Waals surface area contributed by atoms with Gasteiger partial charge in [0, 0.05) is 0 Å². The lowest BCUT2D eigenvalue weighted by molar-refractivity contribution is -0.161. The highest BCUT2D eigenvalue weighted by Crippen LogP contribution is 2.34. The van der Waals surface area contributed by atoms with Crippen LogP contribution in [0.5, 0.6) is 0 Å². The summed E-state index contributed by atoms with van der Waals surface area (Å²) in [6.45, 7) is 3.65. The van der Waals surface area contributed by atoms with E-state index in [0.717, 1.165) is 12.8 Å². The average Bonchev–Trinajstić information content (AvgIpc) is 3.01. The largest absolute Gasteiger partial charge is 0.390 e. The lowest BCUT2D eigenvalue weighted by atomic mass is 9.95. The monoisotopic (exact) mass is 370 g/mol. The summed E-state index contributed by atoms with van der Waals surface area (Å²) in [6.07, 6.45) is 0.201. The summed E-state index contributed by atoms with van der Waals surface area (Å²) in [5.41, 5.74) is 2.35. The van der Waals surface area contributed by atoms with Gasteiger partial charge < -0.3 is 19.7 Å². The van der Waals surface area contributed by atoms with E-state index >= 15 is 0 Å². The van der Waals surface area contributed by atoms with Crippen LogP contribution >= 0.6 is 0 Å². The van der Waals surface area contributed by atoms with E-state index in [-0.39, 0.29) is 0 Å². The Balaban J connectivity index is 1.59. The van der Waals surface area contributed by atoms with Gasteiger partial charge in [-0.15, -0.1) is 0 Å². The Morgan fingerprint density at radius 2 is 1.11 bits per heavy atom. The van der Waals surface area contributed by atoms with Gasteiger partial charge in [-0.25, -0.2) is 0 Å². The molecule has 1 aliphatic rings. The van der Waals surface area contributed by atoms with E-state index in [0.29, 0.717) is 12.8 Å². The van der Waals surface area contributed by atoms with Crippen LogP contribution in [0.25, 0.3) is 0 Å². The Kier molecular flexibility index (Phi) is 6.66. The minimum absolute atomic E-state index is 0.533. The summed E-state index contributed by atoms with van der Waals surface area (Å²) in [5, 5.41) is 21.5. The molecule has 0 aromatic heterocycles. The van der Waals surface area contributed by atoms with E-state index in [1.165, 1.54) is 11.1 Å². The SMILES string of the molecule is CC1(C)O[C@@H]([C@@H](O)CCc2ccccc2)[C@H]([C@@H](O)CCc2ccccc2)O1. The highest BCUT2D eigenvalue weighted by molar-refractivity contribution is 5.16. The van der Waals surface area contributed by atoms with Crippen molar-refractivity contribution in [3.63, 3.8) is 0 Å². The first kappa shape index (κ1) is 20.0. The Morgan fingerprint density at radius 3 is 1.48 bits per heavy atom. The van der Waals surface area contributed by atoms with Crippen LogP contribution in [0.4, 0.5) is 0 Å². The smallest absolute Gasteiger partial charge is 0.164 e. The first-order chi connectivity index (χ1) is 12.9. The molecular formula is C23H30O4. The van der Waals surface area contributed by atoms with Gasteiger partial charge in [-0.3, -0.25) is 0 Å². The van der Waals surface area contributed by atoms with Gasteiger partial charge in [0.25, 0.3) is 0 Å². The zero-order valence-electron chi connectivity index (χ0n) is 16.1. The van der Waals surface area contributed by atoms with Gasteiger partial charge >= 0.3 is 0 Å². The normalized spacial score (nSPS) is 23.9. The molecule has 0 spiro atoms. The van der Waals surface area contributed by atoms with Crippen molar-refractivity contribution in [3.8, 4) is 0 Å². The predicted molar refractivity (Wildman–Crippen MR) is 105 cm³/mol. The molecule has 1 fully saturated rings. The second kappa shape index (κ2) is 8.98. The topological polar surface area (TPSA) is 58.9 Å². The Labute approximate surface area is 161 Å². The standard InChI is InChI=1S/C23H30O4/c1-23(2)26-21(19(24)15-13-17-9-5-3-6-10-17)22(27-23)20(25)16-14-18-11-7-4-8-12-18/h3-12,19-22,24-25H,13-16H2,1-2H3/t19-,20-,21-,22-/m0/s1. The Morgan fingerprint density at radius 1 is 0.741 bits per heavy atom. The molecule has 1 saturated heterocycles. The van der Waals surface area contributed by atoms with E-state index < -0.39 is 30.2 Å². The van der Waals surface area contributed by atoms with Crippen molar-refractivity contribution >= 4 is 0 Å². The Hall–Kier alpha value is -1.72. The molecular weight excluding hydrogens is 340 g/mol. The molecule has 4 atom stereocenters. The maximum Gasteiger partial charge on any atom is 0.164 e. The van der Waals surface area contributed by atoms with Crippen LogP contribution in [-0.2, 0) is 22.3 Å². The molecule has 0 amide bonds. The Bertz CT molecular complexity index is 627. The zero-order chi connectivity index (χ0) is 19.3. The number of aliphatic hydroxyl groups is 2. The quantitative estimate of drug-likeness (QED) is 0.747. The van der Waals surface area contributed by atoms with Gasteiger partial charge in [-0.1, -0.05) is 60.7 Å². The number of hydrogen-bond donors (Lipinski definition) is 2. The summed E-state index contributed by atoms with van der Waals surface area (Å²) in [7, 11) is 0. The van der Waals surface area contributed by atoms with Crippen molar-refractivity contribution in [2.24, 2.45) is 0 Å². The number of aryl methyl sites for hydroxylation is 2. The number of aliphatic hydroxyl groups excluding tert-OH is 2. The van der Waals surface area contributed by atoms with Crippen LogP contribution in [0.15, 0.2) is 60.7 Å². The van der Waals surface area contributed by atoms with Crippen molar-refractivity contribution < 1.29 is 19.7 Å². The third kappa shape index (κ3) is 5.63. The van der Waals surface area contributed by atoms with E-state index in [4.69, 9.17) is 9.47 Å². The van der Waals surface area contributed by atoms with Crippen LogP contribution in [0, 0.1) is 0 Å². The second-order valence-electron chi connectivity index (χ2n) is 7.75. The summed E-state index contributed by atoms with van der Waals surface area (Å²) in [6, 6.07) is 20.1. The maximum absolute atomic E-state index is 10.7. The van der Waals surface area contributed by atoms with Crippen LogP contribution < -0.4 is 0 Å². The second-order valence-corrected chi connectivity index (χ2v) is 7.75. The molecule has 0 radical (unpaired) electrons. The average molecular weight is 370 g/mol. The van der Waals surface area contributed by atoms with Gasteiger partial charge in [0.05, 0.1) is 12.2 Å². The molecule has 4 heteroatoms. The fourth-order valence-electron chi connectivity index (χ4n) is 3.66. The van der Waals surface area contributed by atoms with Gasteiger partial charge in [-0.05, 0) is 50.7 Å². The molecule has 0 saturated carbocycles. The predicted octanol–water partition coefficient (Wildman–Crippen LogP) is 3.49. The van der Waals surface area contributed by atoms with Crippen LogP contribution in [0.1, 0.15) is 37.8 Å². The van der Waals surface area contributed by atoms with Crippen molar-refractivity contribution in [3.05, 3.63) is 71.8 Å².